The maximum Gasteiger partial charge on any atom is 0.233 e. The van der Waals surface area contributed by atoms with Crippen molar-refractivity contribution in [2.75, 3.05) is 13.2 Å². The minimum atomic E-state index is -0.00264. The Morgan fingerprint density at radius 2 is 2.22 bits per heavy atom. The van der Waals surface area contributed by atoms with Crippen molar-refractivity contribution in [3.63, 3.8) is 0 Å². The predicted octanol–water partition coefficient (Wildman–Crippen LogP) is -0.405. The van der Waals surface area contributed by atoms with Gasteiger partial charge in [0.1, 0.15) is 12.8 Å². The number of carbonyl (C=O) groups is 2. The van der Waals surface area contributed by atoms with Gasteiger partial charge in [-0.25, -0.2) is 5.06 Å². The predicted molar refractivity (Wildman–Crippen MR) is 30.5 cm³/mol. The summed E-state index contributed by atoms with van der Waals surface area (Å²) in [5.74, 6) is 0. The van der Waals surface area contributed by atoms with Gasteiger partial charge in [-0.05, 0) is 6.92 Å². The minimum absolute atomic E-state index is 0.00264. The zero-order valence-electron chi connectivity index (χ0n) is 5.24. The molecule has 0 aromatic heterocycles. The monoisotopic (exact) mass is 131 g/mol. The molecule has 52 valence electrons. The molecular weight excluding hydrogens is 122 g/mol. The Morgan fingerprint density at radius 3 is 2.56 bits per heavy atom. The van der Waals surface area contributed by atoms with Gasteiger partial charge in [-0.15, -0.1) is 0 Å². The van der Waals surface area contributed by atoms with E-state index in [-0.39, 0.29) is 6.54 Å². The molecule has 0 fully saturated rings. The van der Waals surface area contributed by atoms with Gasteiger partial charge in [0, 0.05) is 0 Å². The summed E-state index contributed by atoms with van der Waals surface area (Å²) in [5.41, 5.74) is 0. The Hall–Kier alpha value is -0.900. The van der Waals surface area contributed by atoms with Crippen molar-refractivity contribution < 1.29 is 14.4 Å². The van der Waals surface area contributed by atoms with E-state index in [1.54, 1.807) is 6.92 Å². The van der Waals surface area contributed by atoms with E-state index < -0.39 is 0 Å². The van der Waals surface area contributed by atoms with Crippen molar-refractivity contribution in [3.05, 3.63) is 0 Å². The summed E-state index contributed by atoms with van der Waals surface area (Å²) in [4.78, 5) is 24.4. The molecule has 0 atom stereocenters. The van der Waals surface area contributed by atoms with Gasteiger partial charge in [0.15, 0.2) is 0 Å². The second kappa shape index (κ2) is 5.24. The maximum absolute atomic E-state index is 9.93. The van der Waals surface area contributed by atoms with Crippen LogP contribution in [0.3, 0.4) is 0 Å². The van der Waals surface area contributed by atoms with Crippen molar-refractivity contribution in [1.29, 1.82) is 0 Å². The normalized spacial score (nSPS) is 8.56. The summed E-state index contributed by atoms with van der Waals surface area (Å²) in [5, 5.41) is 0.938. The molecule has 0 saturated carbocycles. The maximum atomic E-state index is 9.93. The molecule has 0 aliphatic carbocycles. The summed E-state index contributed by atoms with van der Waals surface area (Å²) < 4.78 is 0. The van der Waals surface area contributed by atoms with Crippen LogP contribution in [0.5, 0.6) is 0 Å². The number of carbonyl (C=O) groups excluding carboxylic acids is 2. The molecule has 0 N–H and O–H groups in total. The van der Waals surface area contributed by atoms with Gasteiger partial charge in [-0.2, -0.15) is 0 Å². The number of aldehydes is 1. The molecular formula is C5H9NO3. The molecule has 0 heterocycles. The van der Waals surface area contributed by atoms with Gasteiger partial charge >= 0.3 is 0 Å². The van der Waals surface area contributed by atoms with E-state index in [2.05, 4.69) is 4.84 Å². The van der Waals surface area contributed by atoms with E-state index in [0.29, 0.717) is 19.3 Å². The number of hydroxylamine groups is 2. The summed E-state index contributed by atoms with van der Waals surface area (Å²) in [6.07, 6.45) is 1.07. The lowest BCUT2D eigenvalue weighted by atomic mass is 10.7. The Bertz CT molecular complexity index is 94.2. The summed E-state index contributed by atoms with van der Waals surface area (Å²) >= 11 is 0. The first-order valence-corrected chi connectivity index (χ1v) is 2.63. The third-order valence-corrected chi connectivity index (χ3v) is 0.667. The molecule has 0 aromatic carbocycles. The first-order chi connectivity index (χ1) is 4.35. The third-order valence-electron chi connectivity index (χ3n) is 0.667. The fourth-order valence-electron chi connectivity index (χ4n) is 0.365. The van der Waals surface area contributed by atoms with E-state index >= 15 is 0 Å². The smallest absolute Gasteiger partial charge is 0.233 e. The molecule has 0 aliphatic heterocycles. The summed E-state index contributed by atoms with van der Waals surface area (Å²) in [6.45, 7) is 2.13. The van der Waals surface area contributed by atoms with Crippen LogP contribution in [-0.2, 0) is 14.4 Å². The standard InChI is InChI=1S/C5H9NO3/c1-2-9-6(5-8)3-4-7/h4-5H,2-3H2,1H3. The van der Waals surface area contributed by atoms with Gasteiger partial charge in [0.05, 0.1) is 6.61 Å². The first-order valence-electron chi connectivity index (χ1n) is 2.63. The van der Waals surface area contributed by atoms with Gasteiger partial charge < -0.3 is 4.79 Å². The Morgan fingerprint density at radius 1 is 1.56 bits per heavy atom. The van der Waals surface area contributed by atoms with Crippen LogP contribution in [0.1, 0.15) is 6.92 Å². The zero-order valence-corrected chi connectivity index (χ0v) is 5.24. The van der Waals surface area contributed by atoms with Crippen LogP contribution >= 0.6 is 0 Å². The highest BCUT2D eigenvalue weighted by atomic mass is 16.7. The molecule has 0 aliphatic rings. The SMILES string of the molecule is CCON(C=O)CC=O. The quantitative estimate of drug-likeness (QED) is 0.376. The van der Waals surface area contributed by atoms with Crippen LogP contribution in [0.4, 0.5) is 0 Å². The zero-order chi connectivity index (χ0) is 7.11. The highest BCUT2D eigenvalue weighted by Crippen LogP contribution is 1.80. The van der Waals surface area contributed by atoms with Crippen molar-refractivity contribution in [2.24, 2.45) is 0 Å². The highest BCUT2D eigenvalue weighted by molar-refractivity contribution is 5.58. The van der Waals surface area contributed by atoms with Crippen molar-refractivity contribution in [1.82, 2.24) is 5.06 Å². The van der Waals surface area contributed by atoms with Crippen LogP contribution < -0.4 is 0 Å². The van der Waals surface area contributed by atoms with E-state index in [4.69, 9.17) is 0 Å². The van der Waals surface area contributed by atoms with Gasteiger partial charge in [-0.1, -0.05) is 0 Å². The van der Waals surface area contributed by atoms with Crippen LogP contribution in [0, 0.1) is 0 Å². The number of rotatable bonds is 5. The highest BCUT2D eigenvalue weighted by Gasteiger charge is 1.95. The average Bonchev–Trinajstić information content (AvgIpc) is 1.88. The summed E-state index contributed by atoms with van der Waals surface area (Å²) in [7, 11) is 0. The molecule has 0 saturated heterocycles. The van der Waals surface area contributed by atoms with Crippen molar-refractivity contribution in [3.8, 4) is 0 Å². The lowest BCUT2D eigenvalue weighted by Gasteiger charge is -2.10. The topological polar surface area (TPSA) is 46.6 Å². The fraction of sp³-hybridized carbons (Fsp3) is 0.600. The Kier molecular flexibility index (Phi) is 4.72. The Labute approximate surface area is 53.3 Å². The van der Waals surface area contributed by atoms with Crippen LogP contribution in [0.15, 0.2) is 0 Å². The molecule has 4 heteroatoms. The van der Waals surface area contributed by atoms with Gasteiger partial charge in [0.25, 0.3) is 0 Å². The Balaban J connectivity index is 3.40. The fourth-order valence-corrected chi connectivity index (χ4v) is 0.365. The van der Waals surface area contributed by atoms with Crippen LogP contribution in [0.25, 0.3) is 0 Å². The molecule has 0 spiro atoms. The van der Waals surface area contributed by atoms with E-state index in [1.165, 1.54) is 0 Å². The van der Waals surface area contributed by atoms with Crippen molar-refractivity contribution >= 4 is 12.7 Å². The molecule has 0 radical (unpaired) electrons. The molecule has 0 rings (SSSR count). The van der Waals surface area contributed by atoms with Gasteiger partial charge in [0.2, 0.25) is 6.41 Å². The first kappa shape index (κ1) is 8.10. The van der Waals surface area contributed by atoms with Gasteiger partial charge in [-0.3, -0.25) is 9.63 Å². The number of hydrogen-bond donors (Lipinski definition) is 0. The number of amides is 1. The van der Waals surface area contributed by atoms with E-state index in [9.17, 15) is 9.59 Å². The molecule has 0 aromatic rings. The van der Waals surface area contributed by atoms with Crippen molar-refractivity contribution in [2.45, 2.75) is 6.92 Å². The molecule has 0 bridgehead atoms. The molecule has 0 unspecified atom stereocenters. The molecule has 9 heavy (non-hydrogen) atoms. The van der Waals surface area contributed by atoms with E-state index in [1.807, 2.05) is 0 Å². The lowest BCUT2D eigenvalue weighted by Crippen LogP contribution is -2.24. The summed E-state index contributed by atoms with van der Waals surface area (Å²) in [6, 6.07) is 0. The lowest BCUT2D eigenvalue weighted by molar-refractivity contribution is -0.170. The second-order valence-electron chi connectivity index (χ2n) is 1.29. The second-order valence-corrected chi connectivity index (χ2v) is 1.29. The molecule has 4 nitrogen and oxygen atoms in total. The molecule has 1 amide bonds. The average molecular weight is 131 g/mol. The van der Waals surface area contributed by atoms with E-state index in [0.717, 1.165) is 5.06 Å². The number of hydrogen-bond acceptors (Lipinski definition) is 3. The third kappa shape index (κ3) is 3.66. The van der Waals surface area contributed by atoms with Crippen LogP contribution in [0.2, 0.25) is 0 Å². The van der Waals surface area contributed by atoms with Crippen LogP contribution in [-0.4, -0.2) is 30.9 Å². The largest absolute Gasteiger partial charge is 0.301 e. The minimum Gasteiger partial charge on any atom is -0.301 e. The number of nitrogens with zero attached hydrogens (tertiary/aromatic N) is 1.